The first-order valence-corrected chi connectivity index (χ1v) is 7.87. The highest BCUT2D eigenvalue weighted by molar-refractivity contribution is 6.39. The average Bonchev–Trinajstić information content (AvgIpc) is 2.97. The molecule has 0 unspecified atom stereocenters. The number of nitrogens with one attached hydrogen (secondary N) is 1. The van der Waals surface area contributed by atoms with Crippen LogP contribution in [0.4, 0.5) is 5.88 Å². The van der Waals surface area contributed by atoms with Gasteiger partial charge in [0.1, 0.15) is 5.69 Å². The second kappa shape index (κ2) is 8.50. The molecule has 1 N–H and O–H groups in total. The summed E-state index contributed by atoms with van der Waals surface area (Å²) < 4.78 is 9.86. The van der Waals surface area contributed by atoms with E-state index in [4.69, 9.17) is 32.5 Å². The maximum atomic E-state index is 12.2. The third kappa shape index (κ3) is 4.29. The summed E-state index contributed by atoms with van der Waals surface area (Å²) in [7, 11) is 1.20. The number of benzene rings is 1. The second-order valence-electron chi connectivity index (χ2n) is 4.70. The van der Waals surface area contributed by atoms with Crippen molar-refractivity contribution in [2.45, 2.75) is 6.92 Å². The number of hydrogen-bond donors (Lipinski definition) is 1. The van der Waals surface area contributed by atoms with Crippen molar-refractivity contribution < 1.29 is 18.8 Å². The molecule has 0 saturated heterocycles. The Morgan fingerprint density at radius 2 is 1.92 bits per heavy atom. The lowest BCUT2D eigenvalue weighted by molar-refractivity contribution is -0.112. The molecule has 1 aromatic heterocycles. The summed E-state index contributed by atoms with van der Waals surface area (Å²) in [6.07, 6.45) is 6.24. The first kappa shape index (κ1) is 18.8. The van der Waals surface area contributed by atoms with Crippen LogP contribution in [0, 0.1) is 0 Å². The summed E-state index contributed by atoms with van der Waals surface area (Å²) >= 11 is 12.3. The van der Waals surface area contributed by atoms with Gasteiger partial charge in [0.2, 0.25) is 5.88 Å². The van der Waals surface area contributed by atoms with Gasteiger partial charge in [0.15, 0.2) is 5.56 Å². The van der Waals surface area contributed by atoms with Crippen LogP contribution in [-0.2, 0) is 9.53 Å². The van der Waals surface area contributed by atoms with Crippen LogP contribution in [0.5, 0.6) is 0 Å². The number of aromatic nitrogens is 1. The summed E-state index contributed by atoms with van der Waals surface area (Å²) in [4.78, 5) is 24.1. The number of anilines is 1. The number of rotatable bonds is 5. The van der Waals surface area contributed by atoms with Crippen molar-refractivity contribution in [3.63, 3.8) is 0 Å². The molecule has 0 spiro atoms. The van der Waals surface area contributed by atoms with Gasteiger partial charge in [-0.25, -0.2) is 4.79 Å². The van der Waals surface area contributed by atoms with E-state index in [1.165, 1.54) is 19.3 Å². The molecule has 0 atom stereocenters. The van der Waals surface area contributed by atoms with Gasteiger partial charge in [-0.1, -0.05) is 52.7 Å². The summed E-state index contributed by atoms with van der Waals surface area (Å²) in [5, 5.41) is 6.82. The quantitative estimate of drug-likeness (QED) is 0.468. The normalized spacial score (nSPS) is 11.2. The van der Waals surface area contributed by atoms with Gasteiger partial charge in [0.25, 0.3) is 5.91 Å². The van der Waals surface area contributed by atoms with Gasteiger partial charge in [-0.2, -0.15) is 0 Å². The van der Waals surface area contributed by atoms with Crippen molar-refractivity contribution in [3.05, 3.63) is 58.1 Å². The number of ether oxygens (including phenoxy) is 1. The topological polar surface area (TPSA) is 81.4 Å². The van der Waals surface area contributed by atoms with Gasteiger partial charge in [0.05, 0.1) is 17.2 Å². The minimum atomic E-state index is -0.750. The van der Waals surface area contributed by atoms with E-state index in [2.05, 4.69) is 10.5 Å². The van der Waals surface area contributed by atoms with Crippen LogP contribution >= 0.6 is 23.2 Å². The van der Waals surface area contributed by atoms with Crippen LogP contribution < -0.4 is 5.32 Å². The first-order valence-electron chi connectivity index (χ1n) is 7.12. The van der Waals surface area contributed by atoms with Crippen LogP contribution in [-0.4, -0.2) is 24.1 Å². The molecule has 0 aliphatic heterocycles. The molecule has 1 aromatic carbocycles. The lowest BCUT2D eigenvalue weighted by atomic mass is 10.1. The highest BCUT2D eigenvalue weighted by Gasteiger charge is 2.28. The number of nitrogens with zero attached hydrogens (tertiary/aromatic N) is 1. The Balaban J connectivity index is 2.49. The van der Waals surface area contributed by atoms with E-state index in [1.807, 2.05) is 6.92 Å². The molecule has 2 aromatic rings. The van der Waals surface area contributed by atoms with Crippen molar-refractivity contribution in [2.24, 2.45) is 0 Å². The SMILES string of the molecule is C/C=C/C=C/C(=O)Nc1onc(-c2c(Cl)cccc2Cl)c1C(=O)OC. The molecule has 0 bridgehead atoms. The molecule has 0 saturated carbocycles. The van der Waals surface area contributed by atoms with E-state index < -0.39 is 11.9 Å². The van der Waals surface area contributed by atoms with E-state index in [0.29, 0.717) is 5.56 Å². The standard InChI is InChI=1S/C17H14Cl2N2O4/c1-3-4-5-9-12(22)20-16-14(17(23)24-2)15(21-25-16)13-10(18)7-6-8-11(13)19/h3-9H,1-2H3,(H,20,22)/b4-3+,9-5+. The molecule has 0 radical (unpaired) electrons. The second-order valence-corrected chi connectivity index (χ2v) is 5.51. The molecule has 0 aliphatic rings. The van der Waals surface area contributed by atoms with Gasteiger partial charge in [-0.05, 0) is 19.1 Å². The van der Waals surface area contributed by atoms with E-state index in [0.717, 1.165) is 0 Å². The Hall–Kier alpha value is -2.57. The first-order chi connectivity index (χ1) is 12.0. The zero-order valence-corrected chi connectivity index (χ0v) is 14.9. The van der Waals surface area contributed by atoms with Crippen molar-refractivity contribution in [1.82, 2.24) is 5.16 Å². The van der Waals surface area contributed by atoms with Gasteiger partial charge < -0.3 is 9.26 Å². The molecule has 1 heterocycles. The molecule has 8 heteroatoms. The number of amides is 1. The molecule has 6 nitrogen and oxygen atoms in total. The molecule has 25 heavy (non-hydrogen) atoms. The minimum absolute atomic E-state index is 0.0784. The Bertz CT molecular complexity index is 836. The number of allylic oxidation sites excluding steroid dienone is 3. The summed E-state index contributed by atoms with van der Waals surface area (Å²) in [5.41, 5.74) is 0.306. The lowest BCUT2D eigenvalue weighted by Gasteiger charge is -2.06. The molecule has 2 rings (SSSR count). The van der Waals surface area contributed by atoms with Crippen LogP contribution in [0.2, 0.25) is 10.0 Å². The highest BCUT2D eigenvalue weighted by Crippen LogP contribution is 2.38. The maximum absolute atomic E-state index is 12.2. The maximum Gasteiger partial charge on any atom is 0.345 e. The van der Waals surface area contributed by atoms with Crippen LogP contribution in [0.25, 0.3) is 11.3 Å². The van der Waals surface area contributed by atoms with E-state index in [-0.39, 0.29) is 27.2 Å². The van der Waals surface area contributed by atoms with E-state index in [1.54, 1.807) is 30.4 Å². The van der Waals surface area contributed by atoms with E-state index >= 15 is 0 Å². The zero-order chi connectivity index (χ0) is 18.4. The summed E-state index contributed by atoms with van der Waals surface area (Å²) in [6.45, 7) is 1.81. The van der Waals surface area contributed by atoms with Crippen LogP contribution in [0.15, 0.2) is 47.0 Å². The predicted molar refractivity (Wildman–Crippen MR) is 95.9 cm³/mol. The number of halogens is 2. The number of methoxy groups -OCH3 is 1. The third-order valence-electron chi connectivity index (χ3n) is 3.07. The fourth-order valence-corrected chi connectivity index (χ4v) is 2.55. The van der Waals surface area contributed by atoms with E-state index in [9.17, 15) is 9.59 Å². The van der Waals surface area contributed by atoms with Crippen molar-refractivity contribution in [2.75, 3.05) is 12.4 Å². The lowest BCUT2D eigenvalue weighted by Crippen LogP contribution is -2.12. The van der Waals surface area contributed by atoms with Gasteiger partial charge in [0, 0.05) is 11.6 Å². The van der Waals surface area contributed by atoms with Crippen molar-refractivity contribution in [1.29, 1.82) is 0 Å². The Kier molecular flexibility index (Phi) is 6.38. The third-order valence-corrected chi connectivity index (χ3v) is 3.70. The molecule has 0 fully saturated rings. The number of carbonyl (C=O) groups excluding carboxylic acids is 2. The molecule has 130 valence electrons. The predicted octanol–water partition coefficient (Wildman–Crippen LogP) is 4.51. The Morgan fingerprint density at radius 1 is 1.24 bits per heavy atom. The fraction of sp³-hybridized carbons (Fsp3) is 0.118. The van der Waals surface area contributed by atoms with Crippen molar-refractivity contribution >= 4 is 41.0 Å². The molecular formula is C17H14Cl2N2O4. The average molecular weight is 381 g/mol. The smallest absolute Gasteiger partial charge is 0.345 e. The minimum Gasteiger partial charge on any atom is -0.465 e. The number of hydrogen-bond acceptors (Lipinski definition) is 5. The fourth-order valence-electron chi connectivity index (χ4n) is 1.97. The van der Waals surface area contributed by atoms with Gasteiger partial charge in [-0.15, -0.1) is 0 Å². The van der Waals surface area contributed by atoms with Crippen molar-refractivity contribution in [3.8, 4) is 11.3 Å². The summed E-state index contributed by atoms with van der Waals surface area (Å²) in [5.74, 6) is -1.41. The largest absolute Gasteiger partial charge is 0.465 e. The molecule has 0 aliphatic carbocycles. The van der Waals surface area contributed by atoms with Crippen LogP contribution in [0.3, 0.4) is 0 Å². The number of carbonyl (C=O) groups is 2. The van der Waals surface area contributed by atoms with Crippen LogP contribution in [0.1, 0.15) is 17.3 Å². The molecular weight excluding hydrogens is 367 g/mol. The number of esters is 1. The van der Waals surface area contributed by atoms with Gasteiger partial charge >= 0.3 is 5.97 Å². The monoisotopic (exact) mass is 380 g/mol. The zero-order valence-electron chi connectivity index (χ0n) is 13.4. The Morgan fingerprint density at radius 3 is 2.52 bits per heavy atom. The highest BCUT2D eigenvalue weighted by atomic mass is 35.5. The summed E-state index contributed by atoms with van der Waals surface area (Å²) in [6, 6.07) is 4.84. The Labute approximate surface area is 154 Å². The van der Waals surface area contributed by atoms with Gasteiger partial charge in [-0.3, -0.25) is 10.1 Å². The molecule has 1 amide bonds.